The van der Waals surface area contributed by atoms with Gasteiger partial charge in [0.1, 0.15) is 5.82 Å². The standard InChI is InChI=1S/C19H23N5/c1-14-21-12-15(23-14)13-22-17-7-8-18(24-10-3-2-4-11-24)19-16(17)6-5-9-20-19/h5-9,12,22H,2-4,10-11,13H2,1H3,(H,21,23). The normalized spacial score (nSPS) is 15.0. The zero-order valence-electron chi connectivity index (χ0n) is 14.0. The van der Waals surface area contributed by atoms with Crippen LogP contribution in [-0.4, -0.2) is 28.0 Å². The van der Waals surface area contributed by atoms with Gasteiger partial charge in [-0.05, 0) is 50.5 Å². The third-order valence-electron chi connectivity index (χ3n) is 4.67. The molecule has 1 aliphatic heterocycles. The first-order valence-electron chi connectivity index (χ1n) is 8.68. The Balaban J connectivity index is 1.64. The summed E-state index contributed by atoms with van der Waals surface area (Å²) in [5.41, 5.74) is 4.55. The summed E-state index contributed by atoms with van der Waals surface area (Å²) < 4.78 is 0. The summed E-state index contributed by atoms with van der Waals surface area (Å²) in [6, 6.07) is 8.54. The number of hydrogen-bond acceptors (Lipinski definition) is 4. The summed E-state index contributed by atoms with van der Waals surface area (Å²) in [6.45, 7) is 4.96. The van der Waals surface area contributed by atoms with Crippen LogP contribution in [0.3, 0.4) is 0 Å². The van der Waals surface area contributed by atoms with Crippen LogP contribution in [0.15, 0.2) is 36.7 Å². The zero-order valence-corrected chi connectivity index (χ0v) is 14.0. The number of hydrogen-bond donors (Lipinski definition) is 2. The zero-order chi connectivity index (χ0) is 16.4. The van der Waals surface area contributed by atoms with Crippen LogP contribution >= 0.6 is 0 Å². The molecular formula is C19H23N5. The quantitative estimate of drug-likeness (QED) is 0.766. The summed E-state index contributed by atoms with van der Waals surface area (Å²) in [7, 11) is 0. The molecule has 0 radical (unpaired) electrons. The van der Waals surface area contributed by atoms with Gasteiger partial charge < -0.3 is 15.2 Å². The van der Waals surface area contributed by atoms with E-state index in [-0.39, 0.29) is 0 Å². The van der Waals surface area contributed by atoms with Crippen LogP contribution in [0.4, 0.5) is 11.4 Å². The molecule has 0 unspecified atom stereocenters. The Morgan fingerprint density at radius 2 is 2.00 bits per heavy atom. The molecule has 0 aliphatic carbocycles. The molecule has 1 saturated heterocycles. The monoisotopic (exact) mass is 321 g/mol. The molecule has 0 amide bonds. The van der Waals surface area contributed by atoms with Crippen molar-refractivity contribution in [3.05, 3.63) is 48.2 Å². The summed E-state index contributed by atoms with van der Waals surface area (Å²) in [6.07, 6.45) is 7.65. The van der Waals surface area contributed by atoms with E-state index in [2.05, 4.69) is 43.4 Å². The molecule has 0 spiro atoms. The number of piperidine rings is 1. The second-order valence-electron chi connectivity index (χ2n) is 6.43. The van der Waals surface area contributed by atoms with Gasteiger partial charge in [-0.25, -0.2) is 4.98 Å². The van der Waals surface area contributed by atoms with Gasteiger partial charge in [0.25, 0.3) is 0 Å². The maximum absolute atomic E-state index is 4.67. The van der Waals surface area contributed by atoms with E-state index < -0.39 is 0 Å². The molecule has 2 N–H and O–H groups in total. The number of benzene rings is 1. The molecule has 124 valence electrons. The van der Waals surface area contributed by atoms with E-state index in [1.165, 1.54) is 30.3 Å². The van der Waals surface area contributed by atoms with E-state index in [9.17, 15) is 0 Å². The average molecular weight is 321 g/mol. The van der Waals surface area contributed by atoms with Gasteiger partial charge in [0, 0.05) is 30.4 Å². The van der Waals surface area contributed by atoms with Gasteiger partial charge in [0.2, 0.25) is 0 Å². The fourth-order valence-electron chi connectivity index (χ4n) is 3.45. The second-order valence-corrected chi connectivity index (χ2v) is 6.43. The van der Waals surface area contributed by atoms with Gasteiger partial charge in [-0.1, -0.05) is 0 Å². The lowest BCUT2D eigenvalue weighted by atomic mass is 10.1. The number of pyridine rings is 1. The number of imidazole rings is 1. The van der Waals surface area contributed by atoms with Crippen LogP contribution in [0.2, 0.25) is 0 Å². The van der Waals surface area contributed by atoms with Crippen molar-refractivity contribution in [1.29, 1.82) is 0 Å². The largest absolute Gasteiger partial charge is 0.379 e. The Bertz CT molecular complexity index is 833. The summed E-state index contributed by atoms with van der Waals surface area (Å²) >= 11 is 0. The van der Waals surface area contributed by atoms with Gasteiger partial charge in [0.05, 0.1) is 29.6 Å². The molecule has 0 bridgehead atoms. The first-order chi connectivity index (χ1) is 11.8. The van der Waals surface area contributed by atoms with Crippen LogP contribution in [0, 0.1) is 6.92 Å². The maximum Gasteiger partial charge on any atom is 0.103 e. The third kappa shape index (κ3) is 2.94. The van der Waals surface area contributed by atoms with Crippen LogP contribution in [0.25, 0.3) is 10.9 Å². The molecule has 5 nitrogen and oxygen atoms in total. The number of rotatable bonds is 4. The van der Waals surface area contributed by atoms with E-state index in [0.29, 0.717) is 0 Å². The van der Waals surface area contributed by atoms with Crippen LogP contribution in [0.1, 0.15) is 30.8 Å². The molecule has 0 saturated carbocycles. The summed E-state index contributed by atoms with van der Waals surface area (Å²) in [4.78, 5) is 14.7. The van der Waals surface area contributed by atoms with Gasteiger partial charge in [-0.15, -0.1) is 0 Å². The number of anilines is 2. The van der Waals surface area contributed by atoms with Crippen LogP contribution in [-0.2, 0) is 6.54 Å². The fraction of sp³-hybridized carbons (Fsp3) is 0.368. The van der Waals surface area contributed by atoms with Crippen LogP contribution in [0.5, 0.6) is 0 Å². The predicted octanol–water partition coefficient (Wildman–Crippen LogP) is 3.87. The lowest BCUT2D eigenvalue weighted by Gasteiger charge is -2.29. The minimum absolute atomic E-state index is 0.730. The minimum Gasteiger partial charge on any atom is -0.379 e. The maximum atomic E-state index is 4.67. The molecular weight excluding hydrogens is 298 g/mol. The first kappa shape index (κ1) is 15.0. The molecule has 1 fully saturated rings. The van der Waals surface area contributed by atoms with Crippen LogP contribution < -0.4 is 10.2 Å². The predicted molar refractivity (Wildman–Crippen MR) is 98.5 cm³/mol. The van der Waals surface area contributed by atoms with Crippen molar-refractivity contribution in [2.24, 2.45) is 0 Å². The van der Waals surface area contributed by atoms with Crippen molar-refractivity contribution in [1.82, 2.24) is 15.0 Å². The van der Waals surface area contributed by atoms with E-state index in [1.54, 1.807) is 0 Å². The number of aromatic nitrogens is 3. The fourth-order valence-corrected chi connectivity index (χ4v) is 3.45. The second kappa shape index (κ2) is 6.51. The Hall–Kier alpha value is -2.56. The van der Waals surface area contributed by atoms with E-state index in [4.69, 9.17) is 0 Å². The minimum atomic E-state index is 0.730. The molecule has 3 heterocycles. The van der Waals surface area contributed by atoms with Crippen molar-refractivity contribution in [3.63, 3.8) is 0 Å². The lowest BCUT2D eigenvalue weighted by Crippen LogP contribution is -2.29. The SMILES string of the molecule is Cc1ncc(CNc2ccc(N3CCCCC3)c3ncccc23)[nH]1. The van der Waals surface area contributed by atoms with Gasteiger partial charge in [-0.2, -0.15) is 0 Å². The average Bonchev–Trinajstić information content (AvgIpc) is 3.06. The third-order valence-corrected chi connectivity index (χ3v) is 4.67. The number of H-pyrrole nitrogens is 1. The van der Waals surface area contributed by atoms with E-state index in [0.717, 1.165) is 42.4 Å². The number of aromatic amines is 1. The van der Waals surface area contributed by atoms with Crippen molar-refractivity contribution in [3.8, 4) is 0 Å². The summed E-state index contributed by atoms with van der Waals surface area (Å²) in [5, 5.41) is 4.70. The van der Waals surface area contributed by atoms with Crippen molar-refractivity contribution in [2.45, 2.75) is 32.7 Å². The smallest absolute Gasteiger partial charge is 0.103 e. The molecule has 1 aromatic carbocycles. The molecule has 5 heteroatoms. The Morgan fingerprint density at radius 1 is 1.12 bits per heavy atom. The van der Waals surface area contributed by atoms with E-state index in [1.807, 2.05) is 25.4 Å². The lowest BCUT2D eigenvalue weighted by molar-refractivity contribution is 0.579. The Morgan fingerprint density at radius 3 is 2.79 bits per heavy atom. The molecule has 0 atom stereocenters. The van der Waals surface area contributed by atoms with Gasteiger partial charge >= 0.3 is 0 Å². The molecule has 2 aromatic heterocycles. The highest BCUT2D eigenvalue weighted by molar-refractivity contribution is 5.99. The number of fused-ring (bicyclic) bond motifs is 1. The summed E-state index contributed by atoms with van der Waals surface area (Å²) in [5.74, 6) is 0.943. The highest BCUT2D eigenvalue weighted by Crippen LogP contribution is 2.32. The van der Waals surface area contributed by atoms with E-state index >= 15 is 0 Å². The van der Waals surface area contributed by atoms with Crippen molar-refractivity contribution in [2.75, 3.05) is 23.3 Å². The van der Waals surface area contributed by atoms with Crippen molar-refractivity contribution >= 4 is 22.3 Å². The Kier molecular flexibility index (Phi) is 4.07. The molecule has 1 aliphatic rings. The number of nitrogens with one attached hydrogen (secondary N) is 2. The first-order valence-corrected chi connectivity index (χ1v) is 8.68. The van der Waals surface area contributed by atoms with Gasteiger partial charge in [-0.3, -0.25) is 4.98 Å². The highest BCUT2D eigenvalue weighted by atomic mass is 15.1. The molecule has 24 heavy (non-hydrogen) atoms. The number of aryl methyl sites for hydroxylation is 1. The Labute approximate surface area is 142 Å². The van der Waals surface area contributed by atoms with Gasteiger partial charge in [0.15, 0.2) is 0 Å². The molecule has 3 aromatic rings. The van der Waals surface area contributed by atoms with Crippen molar-refractivity contribution < 1.29 is 0 Å². The topological polar surface area (TPSA) is 56.8 Å². The number of nitrogens with zero attached hydrogens (tertiary/aromatic N) is 3. The molecule has 4 rings (SSSR count). The highest BCUT2D eigenvalue weighted by Gasteiger charge is 2.15.